The van der Waals surface area contributed by atoms with Gasteiger partial charge >= 0.3 is 0 Å². The fraction of sp³-hybridized carbons (Fsp3) is 0.438. The molecule has 0 heterocycles. The van der Waals surface area contributed by atoms with Crippen LogP contribution in [-0.2, 0) is 6.42 Å². The quantitative estimate of drug-likeness (QED) is 0.647. The highest BCUT2D eigenvalue weighted by atomic mass is 16.3. The lowest BCUT2D eigenvalue weighted by Crippen LogP contribution is -2.04. The number of aliphatic imine (C=N–C) groups is 1. The molecule has 3 N–H and O–H groups in total. The molecule has 0 fully saturated rings. The van der Waals surface area contributed by atoms with E-state index in [4.69, 9.17) is 5.73 Å². The number of nitrogens with zero attached hydrogens (tertiary/aromatic N) is 1. The first-order chi connectivity index (χ1) is 9.26. The minimum Gasteiger partial charge on any atom is -0.405 e. The average molecular weight is 258 g/mol. The SMILES string of the molecule is CCN=C(/C=C\N)c1ccc2c(c1)CCCCC2O. The van der Waals surface area contributed by atoms with E-state index in [1.54, 1.807) is 0 Å². The summed E-state index contributed by atoms with van der Waals surface area (Å²) < 4.78 is 0. The van der Waals surface area contributed by atoms with Crippen molar-refractivity contribution in [3.05, 3.63) is 47.2 Å². The molecule has 1 aromatic carbocycles. The Labute approximate surface area is 114 Å². The van der Waals surface area contributed by atoms with Gasteiger partial charge in [0.15, 0.2) is 0 Å². The van der Waals surface area contributed by atoms with Crippen molar-refractivity contribution < 1.29 is 5.11 Å². The first-order valence-electron chi connectivity index (χ1n) is 7.00. The van der Waals surface area contributed by atoms with Crippen molar-refractivity contribution in [3.63, 3.8) is 0 Å². The maximum atomic E-state index is 10.1. The van der Waals surface area contributed by atoms with Crippen molar-refractivity contribution in [3.8, 4) is 0 Å². The molecule has 1 aliphatic carbocycles. The van der Waals surface area contributed by atoms with Crippen LogP contribution in [0.15, 0.2) is 35.5 Å². The van der Waals surface area contributed by atoms with Crippen LogP contribution in [0, 0.1) is 0 Å². The fourth-order valence-corrected chi connectivity index (χ4v) is 2.62. The van der Waals surface area contributed by atoms with Gasteiger partial charge in [0.1, 0.15) is 0 Å². The molecule has 1 aliphatic rings. The second-order valence-corrected chi connectivity index (χ2v) is 4.89. The maximum absolute atomic E-state index is 10.1. The lowest BCUT2D eigenvalue weighted by atomic mass is 9.96. The van der Waals surface area contributed by atoms with Gasteiger partial charge in [-0.3, -0.25) is 4.99 Å². The molecule has 0 saturated carbocycles. The van der Waals surface area contributed by atoms with E-state index in [9.17, 15) is 5.11 Å². The van der Waals surface area contributed by atoms with Gasteiger partial charge in [-0.2, -0.15) is 0 Å². The molecule has 3 nitrogen and oxygen atoms in total. The summed E-state index contributed by atoms with van der Waals surface area (Å²) in [6, 6.07) is 6.22. The third-order valence-electron chi connectivity index (χ3n) is 3.55. The maximum Gasteiger partial charge on any atom is 0.0792 e. The van der Waals surface area contributed by atoms with E-state index in [0.717, 1.165) is 49.1 Å². The zero-order valence-electron chi connectivity index (χ0n) is 11.5. The molecule has 1 aromatic rings. The van der Waals surface area contributed by atoms with E-state index in [-0.39, 0.29) is 6.10 Å². The molecule has 0 aliphatic heterocycles. The molecule has 2 rings (SSSR count). The van der Waals surface area contributed by atoms with Crippen LogP contribution in [0.25, 0.3) is 0 Å². The van der Waals surface area contributed by atoms with Crippen LogP contribution in [0.5, 0.6) is 0 Å². The number of allylic oxidation sites excluding steroid dienone is 1. The highest BCUT2D eigenvalue weighted by Crippen LogP contribution is 2.29. The number of aliphatic hydroxyl groups is 1. The van der Waals surface area contributed by atoms with Crippen LogP contribution >= 0.6 is 0 Å². The molecule has 0 aromatic heterocycles. The summed E-state index contributed by atoms with van der Waals surface area (Å²) in [5.41, 5.74) is 9.79. The number of hydrogen-bond acceptors (Lipinski definition) is 3. The Kier molecular flexibility index (Phi) is 4.74. The second kappa shape index (κ2) is 6.53. The predicted octanol–water partition coefficient (Wildman–Crippen LogP) is 2.73. The summed E-state index contributed by atoms with van der Waals surface area (Å²) in [5.74, 6) is 0. The van der Waals surface area contributed by atoms with E-state index in [0.29, 0.717) is 0 Å². The van der Waals surface area contributed by atoms with E-state index in [2.05, 4.69) is 11.1 Å². The second-order valence-electron chi connectivity index (χ2n) is 4.89. The normalized spacial score (nSPS) is 20.3. The van der Waals surface area contributed by atoms with Gasteiger partial charge in [0.2, 0.25) is 0 Å². The molecule has 3 heteroatoms. The van der Waals surface area contributed by atoms with Crippen molar-refractivity contribution in [1.29, 1.82) is 0 Å². The minimum atomic E-state index is -0.317. The lowest BCUT2D eigenvalue weighted by molar-refractivity contribution is 0.166. The Morgan fingerprint density at radius 2 is 2.32 bits per heavy atom. The Balaban J connectivity index is 2.39. The molecule has 102 valence electrons. The Morgan fingerprint density at radius 3 is 3.05 bits per heavy atom. The van der Waals surface area contributed by atoms with Gasteiger partial charge < -0.3 is 10.8 Å². The molecule has 0 amide bonds. The monoisotopic (exact) mass is 258 g/mol. The van der Waals surface area contributed by atoms with Crippen LogP contribution in [-0.4, -0.2) is 17.4 Å². The van der Waals surface area contributed by atoms with Crippen molar-refractivity contribution >= 4 is 5.71 Å². The smallest absolute Gasteiger partial charge is 0.0792 e. The van der Waals surface area contributed by atoms with Gasteiger partial charge in [-0.05, 0) is 61.2 Å². The predicted molar refractivity (Wildman–Crippen MR) is 79.4 cm³/mol. The molecule has 1 unspecified atom stereocenters. The van der Waals surface area contributed by atoms with Crippen molar-refractivity contribution in [2.45, 2.75) is 38.7 Å². The minimum absolute atomic E-state index is 0.317. The molecular formula is C16H22N2O. The van der Waals surface area contributed by atoms with E-state index < -0.39 is 0 Å². The molecule has 0 spiro atoms. The summed E-state index contributed by atoms with van der Waals surface area (Å²) >= 11 is 0. The number of aryl methyl sites for hydroxylation is 1. The zero-order chi connectivity index (χ0) is 13.7. The molecule has 1 atom stereocenters. The largest absolute Gasteiger partial charge is 0.405 e. The van der Waals surface area contributed by atoms with Gasteiger partial charge in [-0.1, -0.05) is 18.6 Å². The molecule has 0 bridgehead atoms. The van der Waals surface area contributed by atoms with Gasteiger partial charge in [-0.25, -0.2) is 0 Å². The van der Waals surface area contributed by atoms with Crippen LogP contribution < -0.4 is 5.73 Å². The summed E-state index contributed by atoms with van der Waals surface area (Å²) in [5, 5.41) is 10.1. The van der Waals surface area contributed by atoms with Crippen LogP contribution in [0.2, 0.25) is 0 Å². The van der Waals surface area contributed by atoms with Crippen molar-refractivity contribution in [2.24, 2.45) is 10.7 Å². The molecule has 0 radical (unpaired) electrons. The van der Waals surface area contributed by atoms with E-state index in [1.165, 1.54) is 11.8 Å². The topological polar surface area (TPSA) is 58.6 Å². The summed E-state index contributed by atoms with van der Waals surface area (Å²) in [6.45, 7) is 2.75. The zero-order valence-corrected chi connectivity index (χ0v) is 11.5. The average Bonchev–Trinajstić information content (AvgIpc) is 2.60. The third-order valence-corrected chi connectivity index (χ3v) is 3.55. The van der Waals surface area contributed by atoms with E-state index >= 15 is 0 Å². The molecular weight excluding hydrogens is 236 g/mol. The highest BCUT2D eigenvalue weighted by molar-refractivity contribution is 6.08. The fourth-order valence-electron chi connectivity index (χ4n) is 2.62. The number of benzene rings is 1. The van der Waals surface area contributed by atoms with E-state index in [1.807, 2.05) is 25.1 Å². The number of hydrogen-bond donors (Lipinski definition) is 2. The first-order valence-corrected chi connectivity index (χ1v) is 7.00. The Morgan fingerprint density at radius 1 is 1.47 bits per heavy atom. The van der Waals surface area contributed by atoms with Gasteiger partial charge in [0.25, 0.3) is 0 Å². The first kappa shape index (κ1) is 13.8. The van der Waals surface area contributed by atoms with Crippen molar-refractivity contribution in [1.82, 2.24) is 0 Å². The number of fused-ring (bicyclic) bond motifs is 1. The van der Waals surface area contributed by atoms with Crippen molar-refractivity contribution in [2.75, 3.05) is 6.54 Å². The van der Waals surface area contributed by atoms with Crippen LogP contribution in [0.4, 0.5) is 0 Å². The molecule has 0 saturated heterocycles. The summed E-state index contributed by atoms with van der Waals surface area (Å²) in [6.07, 6.45) is 7.16. The van der Waals surface area contributed by atoms with Crippen LogP contribution in [0.1, 0.15) is 49.0 Å². The highest BCUT2D eigenvalue weighted by Gasteiger charge is 2.16. The Hall–Kier alpha value is -1.61. The summed E-state index contributed by atoms with van der Waals surface area (Å²) in [4.78, 5) is 4.46. The number of aliphatic hydroxyl groups excluding tert-OH is 1. The Bertz CT molecular complexity index is 492. The third kappa shape index (κ3) is 3.24. The van der Waals surface area contributed by atoms with Gasteiger partial charge in [-0.15, -0.1) is 0 Å². The van der Waals surface area contributed by atoms with Gasteiger partial charge in [0, 0.05) is 6.54 Å². The lowest BCUT2D eigenvalue weighted by Gasteiger charge is -2.13. The molecule has 19 heavy (non-hydrogen) atoms. The number of nitrogens with two attached hydrogens (primary N) is 1. The standard InChI is InChI=1S/C16H22N2O/c1-2-18-15(9-10-17)13-7-8-14-12(11-13)5-3-4-6-16(14)19/h7-11,16,19H,2-6,17H2,1H3/b10-9-,18-15?. The van der Waals surface area contributed by atoms with Gasteiger partial charge in [0.05, 0.1) is 11.8 Å². The summed E-state index contributed by atoms with van der Waals surface area (Å²) in [7, 11) is 0. The number of rotatable bonds is 3. The van der Waals surface area contributed by atoms with Crippen LogP contribution in [0.3, 0.4) is 0 Å².